The summed E-state index contributed by atoms with van der Waals surface area (Å²) in [7, 11) is 0. The maximum atomic E-state index is 2.55. The molecule has 0 saturated heterocycles. The van der Waals surface area contributed by atoms with Crippen molar-refractivity contribution in [2.45, 2.75) is 38.5 Å². The lowest BCUT2D eigenvalue weighted by Gasteiger charge is -2.32. The van der Waals surface area contributed by atoms with Gasteiger partial charge < -0.3 is 4.90 Å². The summed E-state index contributed by atoms with van der Waals surface area (Å²) >= 11 is 0. The van der Waals surface area contributed by atoms with Gasteiger partial charge in [-0.1, -0.05) is 173 Å². The quantitative estimate of drug-likeness (QED) is 0.159. The molecule has 0 aliphatic heterocycles. The van der Waals surface area contributed by atoms with Gasteiger partial charge in [0.1, 0.15) is 0 Å². The van der Waals surface area contributed by atoms with Gasteiger partial charge in [-0.3, -0.25) is 0 Å². The van der Waals surface area contributed by atoms with Crippen molar-refractivity contribution in [1.82, 2.24) is 0 Å². The molecule has 11 rings (SSSR count). The SMILES string of the molecule is CC1(C)c2ccccc2-c2ccc(N(c3cccc(-c4ccccc4)c3)c3cc4c(cc3-c3cc5ccccc5c5ccccc35)-c3ccccc3C4(C)C)cc21. The molecular formula is C56H43N. The summed E-state index contributed by atoms with van der Waals surface area (Å²) in [6, 6.07) is 70.3. The molecule has 0 heterocycles. The van der Waals surface area contributed by atoms with Crippen LogP contribution in [0.5, 0.6) is 0 Å². The lowest BCUT2D eigenvalue weighted by atomic mass is 9.81. The van der Waals surface area contributed by atoms with Crippen molar-refractivity contribution in [2.24, 2.45) is 0 Å². The second-order valence-electron chi connectivity index (χ2n) is 16.9. The van der Waals surface area contributed by atoms with Crippen LogP contribution in [-0.2, 0) is 10.8 Å². The highest BCUT2D eigenvalue weighted by Gasteiger charge is 2.39. The van der Waals surface area contributed by atoms with Gasteiger partial charge in [-0.2, -0.15) is 0 Å². The van der Waals surface area contributed by atoms with E-state index >= 15 is 0 Å². The van der Waals surface area contributed by atoms with E-state index in [9.17, 15) is 0 Å². The van der Waals surface area contributed by atoms with Gasteiger partial charge in [0.05, 0.1) is 5.69 Å². The van der Waals surface area contributed by atoms with E-state index in [1.54, 1.807) is 0 Å². The van der Waals surface area contributed by atoms with Crippen molar-refractivity contribution in [3.05, 3.63) is 210 Å². The number of anilines is 3. The molecule has 1 nitrogen and oxygen atoms in total. The van der Waals surface area contributed by atoms with E-state index in [1.165, 1.54) is 94.0 Å². The van der Waals surface area contributed by atoms with Crippen molar-refractivity contribution in [3.63, 3.8) is 0 Å². The first kappa shape index (κ1) is 33.6. The number of rotatable bonds is 5. The van der Waals surface area contributed by atoms with Crippen LogP contribution in [0.25, 0.3) is 66.1 Å². The Morgan fingerprint density at radius 1 is 0.316 bits per heavy atom. The fourth-order valence-electron chi connectivity index (χ4n) is 10.1. The molecule has 2 aliphatic carbocycles. The van der Waals surface area contributed by atoms with Crippen LogP contribution in [0.2, 0.25) is 0 Å². The van der Waals surface area contributed by atoms with E-state index in [4.69, 9.17) is 0 Å². The molecule has 9 aromatic carbocycles. The molecule has 2 aliphatic rings. The highest BCUT2D eigenvalue weighted by Crippen LogP contribution is 2.56. The Morgan fingerprint density at radius 3 is 1.63 bits per heavy atom. The minimum atomic E-state index is -0.177. The average molecular weight is 730 g/mol. The minimum absolute atomic E-state index is 0.140. The molecule has 0 unspecified atom stereocenters. The summed E-state index contributed by atoms with van der Waals surface area (Å²) in [5.41, 5.74) is 18.8. The van der Waals surface area contributed by atoms with Gasteiger partial charge in [0.15, 0.2) is 0 Å². The zero-order valence-corrected chi connectivity index (χ0v) is 32.8. The van der Waals surface area contributed by atoms with Crippen LogP contribution >= 0.6 is 0 Å². The monoisotopic (exact) mass is 729 g/mol. The Labute approximate surface area is 335 Å². The fraction of sp³-hybridized carbons (Fsp3) is 0.107. The maximum absolute atomic E-state index is 2.55. The van der Waals surface area contributed by atoms with Crippen molar-refractivity contribution < 1.29 is 0 Å². The van der Waals surface area contributed by atoms with Crippen LogP contribution in [0.3, 0.4) is 0 Å². The number of benzene rings is 9. The Morgan fingerprint density at radius 2 is 0.877 bits per heavy atom. The van der Waals surface area contributed by atoms with Gasteiger partial charge in [-0.05, 0) is 125 Å². The predicted octanol–water partition coefficient (Wildman–Crippen LogP) is 15.4. The summed E-state index contributed by atoms with van der Waals surface area (Å²) in [5.74, 6) is 0. The smallest absolute Gasteiger partial charge is 0.0543 e. The second-order valence-corrected chi connectivity index (χ2v) is 16.9. The number of hydrogen-bond donors (Lipinski definition) is 0. The van der Waals surface area contributed by atoms with E-state index in [0.717, 1.165) is 11.4 Å². The lowest BCUT2D eigenvalue weighted by Crippen LogP contribution is -2.18. The van der Waals surface area contributed by atoms with Crippen molar-refractivity contribution >= 4 is 38.6 Å². The molecule has 9 aromatic rings. The number of hydrogen-bond acceptors (Lipinski definition) is 1. The Kier molecular flexibility index (Phi) is 7.32. The number of nitrogens with zero attached hydrogens (tertiary/aromatic N) is 1. The number of fused-ring (bicyclic) bond motifs is 9. The van der Waals surface area contributed by atoms with E-state index in [-0.39, 0.29) is 10.8 Å². The normalized spacial score (nSPS) is 14.2. The Balaban J connectivity index is 1.25. The van der Waals surface area contributed by atoms with Gasteiger partial charge >= 0.3 is 0 Å². The molecule has 272 valence electrons. The van der Waals surface area contributed by atoms with Crippen LogP contribution < -0.4 is 4.90 Å². The second kappa shape index (κ2) is 12.4. The summed E-state index contributed by atoms with van der Waals surface area (Å²) in [5, 5.41) is 5.05. The molecule has 57 heavy (non-hydrogen) atoms. The molecule has 0 amide bonds. The molecule has 0 saturated carbocycles. The minimum Gasteiger partial charge on any atom is -0.310 e. The molecule has 0 fully saturated rings. The van der Waals surface area contributed by atoms with Gasteiger partial charge in [0.2, 0.25) is 0 Å². The summed E-state index contributed by atoms with van der Waals surface area (Å²) < 4.78 is 0. The van der Waals surface area contributed by atoms with Crippen LogP contribution in [-0.4, -0.2) is 0 Å². The van der Waals surface area contributed by atoms with E-state index in [1.807, 2.05) is 0 Å². The third-order valence-corrected chi connectivity index (χ3v) is 13.0. The summed E-state index contributed by atoms with van der Waals surface area (Å²) in [6.45, 7) is 9.54. The molecule has 0 bridgehead atoms. The van der Waals surface area contributed by atoms with Crippen LogP contribution in [0.4, 0.5) is 17.1 Å². The first-order valence-electron chi connectivity index (χ1n) is 20.2. The zero-order valence-electron chi connectivity index (χ0n) is 32.8. The Bertz CT molecular complexity index is 3070. The van der Waals surface area contributed by atoms with Crippen LogP contribution in [0.1, 0.15) is 49.9 Å². The largest absolute Gasteiger partial charge is 0.310 e. The van der Waals surface area contributed by atoms with Gasteiger partial charge in [0, 0.05) is 27.8 Å². The van der Waals surface area contributed by atoms with Crippen molar-refractivity contribution in [2.75, 3.05) is 4.90 Å². The third-order valence-electron chi connectivity index (χ3n) is 13.0. The van der Waals surface area contributed by atoms with Gasteiger partial charge in [-0.15, -0.1) is 0 Å². The lowest BCUT2D eigenvalue weighted by molar-refractivity contribution is 0.660. The highest BCUT2D eigenvalue weighted by molar-refractivity contribution is 6.15. The predicted molar refractivity (Wildman–Crippen MR) is 242 cm³/mol. The summed E-state index contributed by atoms with van der Waals surface area (Å²) in [6.07, 6.45) is 0. The van der Waals surface area contributed by atoms with Crippen molar-refractivity contribution in [1.29, 1.82) is 0 Å². The molecule has 0 spiro atoms. The van der Waals surface area contributed by atoms with Crippen molar-refractivity contribution in [3.8, 4) is 44.5 Å². The average Bonchev–Trinajstić information content (AvgIpc) is 3.62. The zero-order chi connectivity index (χ0) is 38.5. The maximum Gasteiger partial charge on any atom is 0.0543 e. The molecule has 0 N–H and O–H groups in total. The standard InChI is InChI=1S/C56H43N/c1-55(2)50-27-14-12-25-44(50)46-30-29-40(33-52(46)55)57(39-21-16-20-37(31-39)36-17-6-5-7-18-36)54-35-53-48(45-26-13-15-28-51(45)56(53,3)4)34-49(54)47-32-38-19-8-9-22-41(38)42-23-10-11-24-43(42)47/h5-35H,1-4H3. The molecule has 0 radical (unpaired) electrons. The molecule has 0 aromatic heterocycles. The van der Waals surface area contributed by atoms with Crippen LogP contribution in [0, 0.1) is 0 Å². The van der Waals surface area contributed by atoms with E-state index in [0.29, 0.717) is 0 Å². The first-order chi connectivity index (χ1) is 27.8. The third kappa shape index (κ3) is 5.02. The van der Waals surface area contributed by atoms with Crippen LogP contribution in [0.15, 0.2) is 188 Å². The van der Waals surface area contributed by atoms with E-state index in [2.05, 4.69) is 221 Å². The Hall–Kier alpha value is -6.70. The van der Waals surface area contributed by atoms with E-state index < -0.39 is 0 Å². The fourth-order valence-corrected chi connectivity index (χ4v) is 10.1. The van der Waals surface area contributed by atoms with Gasteiger partial charge in [-0.25, -0.2) is 0 Å². The first-order valence-corrected chi connectivity index (χ1v) is 20.2. The summed E-state index contributed by atoms with van der Waals surface area (Å²) in [4.78, 5) is 2.55. The molecule has 0 atom stereocenters. The van der Waals surface area contributed by atoms with Gasteiger partial charge in [0.25, 0.3) is 0 Å². The topological polar surface area (TPSA) is 3.24 Å². The highest BCUT2D eigenvalue weighted by atomic mass is 15.1. The molecular weight excluding hydrogens is 687 g/mol. The molecule has 1 heteroatoms.